The minimum absolute atomic E-state index is 0.0647. The summed E-state index contributed by atoms with van der Waals surface area (Å²) < 4.78 is 13.9. The molecular weight excluding hydrogens is 397 g/mol. The van der Waals surface area contributed by atoms with Crippen LogP contribution in [0.3, 0.4) is 0 Å². The van der Waals surface area contributed by atoms with Gasteiger partial charge in [-0.1, -0.05) is 45.2 Å². The fourth-order valence-electron chi connectivity index (χ4n) is 4.50. The van der Waals surface area contributed by atoms with E-state index in [1.165, 1.54) is 24.6 Å². The lowest BCUT2D eigenvalue weighted by molar-refractivity contribution is -0.135. The summed E-state index contributed by atoms with van der Waals surface area (Å²) in [6.45, 7) is 4.79. The first-order valence-corrected chi connectivity index (χ1v) is 11.5. The van der Waals surface area contributed by atoms with Gasteiger partial charge < -0.3 is 15.5 Å². The van der Waals surface area contributed by atoms with Crippen LogP contribution in [0, 0.1) is 17.7 Å². The van der Waals surface area contributed by atoms with Gasteiger partial charge in [0.25, 0.3) is 5.91 Å². The molecule has 1 aliphatic heterocycles. The van der Waals surface area contributed by atoms with E-state index in [2.05, 4.69) is 10.6 Å². The highest BCUT2D eigenvalue weighted by Gasteiger charge is 2.33. The van der Waals surface area contributed by atoms with Crippen molar-refractivity contribution >= 4 is 17.7 Å². The molecular formula is C24H34FN3O3. The van der Waals surface area contributed by atoms with Crippen molar-refractivity contribution in [1.29, 1.82) is 0 Å². The highest BCUT2D eigenvalue weighted by atomic mass is 19.1. The zero-order chi connectivity index (χ0) is 22.4. The highest BCUT2D eigenvalue weighted by Crippen LogP contribution is 2.24. The predicted octanol–water partition coefficient (Wildman–Crippen LogP) is 3.27. The van der Waals surface area contributed by atoms with E-state index in [0.717, 1.165) is 25.7 Å². The van der Waals surface area contributed by atoms with Gasteiger partial charge in [-0.3, -0.25) is 14.4 Å². The Bertz CT molecular complexity index is 784. The quantitative estimate of drug-likeness (QED) is 0.726. The number of carbonyl (C=O) groups is 3. The molecule has 0 radical (unpaired) electrons. The molecule has 2 N–H and O–H groups in total. The maximum atomic E-state index is 13.9. The minimum Gasteiger partial charge on any atom is -0.353 e. The van der Waals surface area contributed by atoms with Crippen molar-refractivity contribution in [2.75, 3.05) is 13.1 Å². The molecule has 6 nitrogen and oxygen atoms in total. The summed E-state index contributed by atoms with van der Waals surface area (Å²) in [4.78, 5) is 39.9. The van der Waals surface area contributed by atoms with Crippen molar-refractivity contribution in [2.24, 2.45) is 11.8 Å². The van der Waals surface area contributed by atoms with Crippen LogP contribution in [0.4, 0.5) is 4.39 Å². The molecule has 0 spiro atoms. The second-order valence-electron chi connectivity index (χ2n) is 9.12. The van der Waals surface area contributed by atoms with Gasteiger partial charge >= 0.3 is 0 Å². The number of carbonyl (C=O) groups excluding carboxylic acids is 3. The number of likely N-dealkylation sites (tertiary alicyclic amines) is 1. The normalized spacial score (nSPS) is 19.2. The van der Waals surface area contributed by atoms with E-state index in [-0.39, 0.29) is 35.3 Å². The van der Waals surface area contributed by atoms with Crippen LogP contribution in [0.1, 0.15) is 69.2 Å². The number of piperidine rings is 1. The van der Waals surface area contributed by atoms with E-state index in [9.17, 15) is 18.8 Å². The van der Waals surface area contributed by atoms with Gasteiger partial charge in [-0.2, -0.15) is 0 Å². The summed E-state index contributed by atoms with van der Waals surface area (Å²) in [6.07, 6.45) is 6.82. The molecule has 1 atom stereocenters. The molecule has 31 heavy (non-hydrogen) atoms. The van der Waals surface area contributed by atoms with Crippen LogP contribution in [-0.4, -0.2) is 47.8 Å². The minimum atomic E-state index is -0.722. The molecule has 1 heterocycles. The smallest absolute Gasteiger partial charge is 0.254 e. The standard InChI is InChI=1S/C24H34FN3O3/c1-16(2)21(27-23(30)19-10-6-7-11-20(19)25)24(31)28-14-12-18(13-15-28)26-22(29)17-8-4-3-5-9-17/h6-7,10-11,16-18,21H,3-5,8-9,12-15H2,1-2H3,(H,26,29)(H,27,30)/t21-/m1/s1. The Morgan fingerprint density at radius 3 is 2.26 bits per heavy atom. The predicted molar refractivity (Wildman–Crippen MR) is 117 cm³/mol. The van der Waals surface area contributed by atoms with Crippen LogP contribution in [-0.2, 0) is 9.59 Å². The number of nitrogens with zero attached hydrogens (tertiary/aromatic N) is 1. The van der Waals surface area contributed by atoms with Crippen molar-refractivity contribution in [3.8, 4) is 0 Å². The molecule has 1 aromatic carbocycles. The Kier molecular flexibility index (Phi) is 8.04. The molecule has 170 valence electrons. The van der Waals surface area contributed by atoms with Gasteiger partial charge in [0, 0.05) is 25.0 Å². The van der Waals surface area contributed by atoms with E-state index < -0.39 is 17.8 Å². The monoisotopic (exact) mass is 431 g/mol. The first-order valence-electron chi connectivity index (χ1n) is 11.5. The second kappa shape index (κ2) is 10.7. The van der Waals surface area contributed by atoms with E-state index in [4.69, 9.17) is 0 Å². The van der Waals surface area contributed by atoms with E-state index in [1.807, 2.05) is 13.8 Å². The topological polar surface area (TPSA) is 78.5 Å². The zero-order valence-corrected chi connectivity index (χ0v) is 18.5. The molecule has 0 aromatic heterocycles. The molecule has 1 aliphatic carbocycles. The number of nitrogens with one attached hydrogen (secondary N) is 2. The number of halogens is 1. The molecule has 3 amide bonds. The molecule has 1 saturated heterocycles. The maximum absolute atomic E-state index is 13.9. The Morgan fingerprint density at radius 1 is 1.00 bits per heavy atom. The Morgan fingerprint density at radius 2 is 1.65 bits per heavy atom. The average molecular weight is 432 g/mol. The number of amides is 3. The summed E-state index contributed by atoms with van der Waals surface area (Å²) in [5.74, 6) is -1.19. The van der Waals surface area contributed by atoms with Crippen molar-refractivity contribution in [3.63, 3.8) is 0 Å². The number of rotatable bonds is 6. The summed E-state index contributed by atoms with van der Waals surface area (Å²) in [5.41, 5.74) is -0.0647. The van der Waals surface area contributed by atoms with Gasteiger partial charge in [-0.05, 0) is 43.7 Å². The molecule has 0 unspecified atom stereocenters. The lowest BCUT2D eigenvalue weighted by atomic mass is 9.88. The molecule has 2 fully saturated rings. The van der Waals surface area contributed by atoms with Gasteiger partial charge in [0.05, 0.1) is 5.56 Å². The van der Waals surface area contributed by atoms with Crippen LogP contribution < -0.4 is 10.6 Å². The largest absolute Gasteiger partial charge is 0.353 e. The van der Waals surface area contributed by atoms with Gasteiger partial charge in [-0.25, -0.2) is 4.39 Å². The molecule has 1 saturated carbocycles. The summed E-state index contributed by atoms with van der Waals surface area (Å²) in [6, 6.07) is 5.12. The lowest BCUT2D eigenvalue weighted by Gasteiger charge is -2.36. The SMILES string of the molecule is CC(C)[C@@H](NC(=O)c1ccccc1F)C(=O)N1CCC(NC(=O)C2CCCCC2)CC1. The van der Waals surface area contributed by atoms with Crippen molar-refractivity contribution in [1.82, 2.24) is 15.5 Å². The van der Waals surface area contributed by atoms with E-state index in [1.54, 1.807) is 11.0 Å². The molecule has 0 bridgehead atoms. The number of benzene rings is 1. The van der Waals surface area contributed by atoms with Crippen molar-refractivity contribution in [2.45, 2.75) is 70.9 Å². The third-order valence-corrected chi connectivity index (χ3v) is 6.47. The Balaban J connectivity index is 1.53. The molecule has 3 rings (SSSR count). The molecule has 1 aromatic rings. The fraction of sp³-hybridized carbons (Fsp3) is 0.625. The molecule has 2 aliphatic rings. The van der Waals surface area contributed by atoms with Crippen LogP contribution in [0.15, 0.2) is 24.3 Å². The first kappa shape index (κ1) is 23.2. The number of hydrogen-bond acceptors (Lipinski definition) is 3. The van der Waals surface area contributed by atoms with Gasteiger partial charge in [0.1, 0.15) is 11.9 Å². The van der Waals surface area contributed by atoms with Crippen LogP contribution in [0.5, 0.6) is 0 Å². The van der Waals surface area contributed by atoms with Crippen molar-refractivity contribution in [3.05, 3.63) is 35.6 Å². The Labute approximate surface area is 183 Å². The summed E-state index contributed by atoms with van der Waals surface area (Å²) >= 11 is 0. The second-order valence-corrected chi connectivity index (χ2v) is 9.12. The summed E-state index contributed by atoms with van der Waals surface area (Å²) in [7, 11) is 0. The Hall–Kier alpha value is -2.44. The zero-order valence-electron chi connectivity index (χ0n) is 18.5. The third kappa shape index (κ3) is 6.05. The van der Waals surface area contributed by atoms with Gasteiger partial charge in [0.15, 0.2) is 0 Å². The fourth-order valence-corrected chi connectivity index (χ4v) is 4.50. The van der Waals surface area contributed by atoms with Gasteiger partial charge in [-0.15, -0.1) is 0 Å². The highest BCUT2D eigenvalue weighted by molar-refractivity contribution is 5.97. The van der Waals surface area contributed by atoms with E-state index in [0.29, 0.717) is 25.9 Å². The van der Waals surface area contributed by atoms with Crippen LogP contribution in [0.25, 0.3) is 0 Å². The van der Waals surface area contributed by atoms with Gasteiger partial charge in [0.2, 0.25) is 11.8 Å². The average Bonchev–Trinajstić information content (AvgIpc) is 2.78. The maximum Gasteiger partial charge on any atom is 0.254 e. The lowest BCUT2D eigenvalue weighted by Crippen LogP contribution is -2.55. The van der Waals surface area contributed by atoms with Crippen LogP contribution in [0.2, 0.25) is 0 Å². The van der Waals surface area contributed by atoms with E-state index >= 15 is 0 Å². The molecule has 7 heteroatoms. The van der Waals surface area contributed by atoms with Crippen LogP contribution >= 0.6 is 0 Å². The number of hydrogen-bond donors (Lipinski definition) is 2. The van der Waals surface area contributed by atoms with Crippen molar-refractivity contribution < 1.29 is 18.8 Å². The summed E-state index contributed by atoms with van der Waals surface area (Å²) in [5, 5.41) is 5.89. The third-order valence-electron chi connectivity index (χ3n) is 6.47. The first-order chi connectivity index (χ1) is 14.9.